The molecule has 4 heteroatoms. The molecule has 0 spiro atoms. The Morgan fingerprint density at radius 3 is 2.79 bits per heavy atom. The Hall–Kier alpha value is -0.870. The second-order valence-electron chi connectivity index (χ2n) is 4.90. The summed E-state index contributed by atoms with van der Waals surface area (Å²) in [6, 6.07) is 0.458. The lowest BCUT2D eigenvalue weighted by Gasteiger charge is -2.18. The van der Waals surface area contributed by atoms with E-state index in [0.29, 0.717) is 6.04 Å². The Balaban J connectivity index is 2.44. The van der Waals surface area contributed by atoms with Crippen molar-refractivity contribution in [2.45, 2.75) is 59.0 Å². The molecular weight excluding hydrogens is 238 g/mol. The van der Waals surface area contributed by atoms with Gasteiger partial charge >= 0.3 is 0 Å². The van der Waals surface area contributed by atoms with Crippen molar-refractivity contribution in [3.8, 4) is 0 Å². The molecule has 1 heterocycles. The van der Waals surface area contributed by atoms with Gasteiger partial charge in [0.1, 0.15) is 5.82 Å². The molecular formula is C15H29N3O. The van der Waals surface area contributed by atoms with E-state index in [1.54, 1.807) is 0 Å². The van der Waals surface area contributed by atoms with Crippen molar-refractivity contribution >= 4 is 0 Å². The second-order valence-corrected chi connectivity index (χ2v) is 4.90. The number of hydrogen-bond acceptors (Lipinski definition) is 3. The fourth-order valence-corrected chi connectivity index (χ4v) is 2.23. The summed E-state index contributed by atoms with van der Waals surface area (Å²) in [6.45, 7) is 10.2. The third-order valence-corrected chi connectivity index (χ3v) is 3.15. The summed E-state index contributed by atoms with van der Waals surface area (Å²) in [6.07, 6.45) is 8.25. The van der Waals surface area contributed by atoms with Crippen LogP contribution in [-0.2, 0) is 17.7 Å². The highest BCUT2D eigenvalue weighted by atomic mass is 16.5. The van der Waals surface area contributed by atoms with E-state index in [-0.39, 0.29) is 0 Å². The maximum atomic E-state index is 5.59. The summed E-state index contributed by atoms with van der Waals surface area (Å²) in [5.74, 6) is 1.18. The third kappa shape index (κ3) is 6.21. The van der Waals surface area contributed by atoms with Crippen LogP contribution in [-0.4, -0.2) is 35.4 Å². The minimum Gasteiger partial charge on any atom is -0.381 e. The average molecular weight is 267 g/mol. The highest BCUT2D eigenvalue weighted by molar-refractivity contribution is 4.95. The Morgan fingerprint density at radius 1 is 1.26 bits per heavy atom. The van der Waals surface area contributed by atoms with E-state index in [1.807, 2.05) is 6.20 Å². The number of nitrogens with zero attached hydrogens (tertiary/aromatic N) is 2. The van der Waals surface area contributed by atoms with Crippen LogP contribution in [0.5, 0.6) is 0 Å². The fourth-order valence-electron chi connectivity index (χ4n) is 2.23. The molecule has 1 N–H and O–H groups in total. The van der Waals surface area contributed by atoms with Crippen LogP contribution in [0.4, 0.5) is 0 Å². The number of hydrogen-bond donors (Lipinski definition) is 1. The molecule has 1 atom stereocenters. The zero-order valence-electron chi connectivity index (χ0n) is 12.7. The first-order chi connectivity index (χ1) is 9.31. The molecule has 0 aliphatic heterocycles. The first-order valence-corrected chi connectivity index (χ1v) is 7.62. The molecule has 1 unspecified atom stereocenters. The lowest BCUT2D eigenvalue weighted by molar-refractivity contribution is 0.124. The van der Waals surface area contributed by atoms with Gasteiger partial charge in [-0.05, 0) is 25.8 Å². The van der Waals surface area contributed by atoms with E-state index in [4.69, 9.17) is 4.74 Å². The van der Waals surface area contributed by atoms with E-state index in [9.17, 15) is 0 Å². The average Bonchev–Trinajstić information content (AvgIpc) is 2.83. The SMILES string of the molecule is CCCOCCC(Cc1nccn1CCC)NCC. The first kappa shape index (κ1) is 16.2. The van der Waals surface area contributed by atoms with Gasteiger partial charge in [-0.25, -0.2) is 4.98 Å². The van der Waals surface area contributed by atoms with E-state index < -0.39 is 0 Å². The Labute approximate surface area is 117 Å². The highest BCUT2D eigenvalue weighted by Gasteiger charge is 2.12. The van der Waals surface area contributed by atoms with E-state index in [0.717, 1.165) is 52.0 Å². The molecule has 0 fully saturated rings. The van der Waals surface area contributed by atoms with E-state index >= 15 is 0 Å². The van der Waals surface area contributed by atoms with Crippen molar-refractivity contribution < 1.29 is 4.74 Å². The van der Waals surface area contributed by atoms with Crippen LogP contribution in [0.15, 0.2) is 12.4 Å². The Morgan fingerprint density at radius 2 is 2.11 bits per heavy atom. The van der Waals surface area contributed by atoms with Crippen LogP contribution in [0.3, 0.4) is 0 Å². The summed E-state index contributed by atoms with van der Waals surface area (Å²) in [5.41, 5.74) is 0. The first-order valence-electron chi connectivity index (χ1n) is 7.62. The number of imidazole rings is 1. The minimum atomic E-state index is 0.458. The molecule has 110 valence electrons. The monoisotopic (exact) mass is 267 g/mol. The van der Waals surface area contributed by atoms with E-state index in [1.165, 1.54) is 5.82 Å². The van der Waals surface area contributed by atoms with Crippen LogP contribution >= 0.6 is 0 Å². The predicted molar refractivity (Wildman–Crippen MR) is 79.4 cm³/mol. The molecule has 0 saturated heterocycles. The van der Waals surface area contributed by atoms with Gasteiger partial charge in [0, 0.05) is 44.6 Å². The number of rotatable bonds is 11. The molecule has 0 aliphatic rings. The number of nitrogens with one attached hydrogen (secondary N) is 1. The van der Waals surface area contributed by atoms with Gasteiger partial charge in [-0.2, -0.15) is 0 Å². The van der Waals surface area contributed by atoms with E-state index in [2.05, 4.69) is 41.8 Å². The standard InChI is InChI=1S/C15H29N3O/c1-4-9-18-10-8-17-15(18)13-14(16-6-3)7-12-19-11-5-2/h8,10,14,16H,4-7,9,11-13H2,1-3H3. The molecule has 19 heavy (non-hydrogen) atoms. The van der Waals surface area contributed by atoms with Gasteiger partial charge < -0.3 is 14.6 Å². The molecule has 4 nitrogen and oxygen atoms in total. The third-order valence-electron chi connectivity index (χ3n) is 3.15. The van der Waals surface area contributed by atoms with Crippen LogP contribution in [0.1, 0.15) is 45.9 Å². The Bertz CT molecular complexity index is 325. The molecule has 0 bridgehead atoms. The molecule has 0 radical (unpaired) electrons. The zero-order valence-corrected chi connectivity index (χ0v) is 12.7. The molecule has 1 aromatic heterocycles. The lowest BCUT2D eigenvalue weighted by Crippen LogP contribution is -2.33. The lowest BCUT2D eigenvalue weighted by atomic mass is 10.1. The number of likely N-dealkylation sites (N-methyl/N-ethyl adjacent to an activating group) is 1. The van der Waals surface area contributed by atoms with Crippen molar-refractivity contribution in [2.75, 3.05) is 19.8 Å². The topological polar surface area (TPSA) is 39.1 Å². The normalized spacial score (nSPS) is 12.8. The molecule has 0 aliphatic carbocycles. The molecule has 1 rings (SSSR count). The largest absolute Gasteiger partial charge is 0.381 e. The van der Waals surface area contributed by atoms with Crippen LogP contribution in [0.2, 0.25) is 0 Å². The molecule has 0 saturated carbocycles. The fraction of sp³-hybridized carbons (Fsp3) is 0.800. The summed E-state index contributed by atoms with van der Waals surface area (Å²) in [5, 5.41) is 3.53. The maximum absolute atomic E-state index is 5.59. The smallest absolute Gasteiger partial charge is 0.110 e. The second kappa shape index (κ2) is 9.98. The molecule has 1 aromatic rings. The maximum Gasteiger partial charge on any atom is 0.110 e. The van der Waals surface area contributed by atoms with Crippen LogP contribution in [0, 0.1) is 0 Å². The van der Waals surface area contributed by atoms with Crippen molar-refractivity contribution in [1.29, 1.82) is 0 Å². The van der Waals surface area contributed by atoms with Gasteiger partial charge in [0.25, 0.3) is 0 Å². The van der Waals surface area contributed by atoms with Crippen molar-refractivity contribution in [3.63, 3.8) is 0 Å². The number of ether oxygens (including phenoxy) is 1. The van der Waals surface area contributed by atoms with Gasteiger partial charge in [0.2, 0.25) is 0 Å². The van der Waals surface area contributed by atoms with Gasteiger partial charge in [-0.1, -0.05) is 20.8 Å². The van der Waals surface area contributed by atoms with Crippen molar-refractivity contribution in [3.05, 3.63) is 18.2 Å². The van der Waals surface area contributed by atoms with Gasteiger partial charge in [-0.15, -0.1) is 0 Å². The summed E-state index contributed by atoms with van der Waals surface area (Å²) in [4.78, 5) is 4.48. The molecule has 0 amide bonds. The zero-order chi connectivity index (χ0) is 13.9. The van der Waals surface area contributed by atoms with Gasteiger partial charge in [0.05, 0.1) is 0 Å². The number of aromatic nitrogens is 2. The number of aryl methyl sites for hydroxylation is 1. The predicted octanol–water partition coefficient (Wildman–Crippen LogP) is 2.63. The quantitative estimate of drug-likeness (QED) is 0.626. The Kier molecular flexibility index (Phi) is 8.50. The molecule has 0 aromatic carbocycles. The van der Waals surface area contributed by atoms with Crippen molar-refractivity contribution in [1.82, 2.24) is 14.9 Å². The van der Waals surface area contributed by atoms with Crippen molar-refractivity contribution in [2.24, 2.45) is 0 Å². The van der Waals surface area contributed by atoms with Crippen LogP contribution in [0.25, 0.3) is 0 Å². The summed E-state index contributed by atoms with van der Waals surface area (Å²) < 4.78 is 7.85. The van der Waals surface area contributed by atoms with Gasteiger partial charge in [0.15, 0.2) is 0 Å². The van der Waals surface area contributed by atoms with Gasteiger partial charge in [-0.3, -0.25) is 0 Å². The minimum absolute atomic E-state index is 0.458. The van der Waals surface area contributed by atoms with Crippen LogP contribution < -0.4 is 5.32 Å². The summed E-state index contributed by atoms with van der Waals surface area (Å²) in [7, 11) is 0. The summed E-state index contributed by atoms with van der Waals surface area (Å²) >= 11 is 0. The highest BCUT2D eigenvalue weighted by Crippen LogP contribution is 2.06.